The van der Waals surface area contributed by atoms with Crippen molar-refractivity contribution in [3.05, 3.63) is 39.8 Å². The van der Waals surface area contributed by atoms with E-state index in [1.807, 2.05) is 0 Å². The molecule has 0 fully saturated rings. The fourth-order valence-electron chi connectivity index (χ4n) is 1.48. The van der Waals surface area contributed by atoms with Gasteiger partial charge in [0.15, 0.2) is 0 Å². The number of pyridine rings is 2. The molecule has 2 heterocycles. The molecule has 0 atom stereocenters. The van der Waals surface area contributed by atoms with Gasteiger partial charge < -0.3 is 15.2 Å². The maximum absolute atomic E-state index is 11.8. The van der Waals surface area contributed by atoms with Gasteiger partial charge >= 0.3 is 11.9 Å². The first-order valence-electron chi connectivity index (χ1n) is 4.50. The number of aromatic amines is 1. The Morgan fingerprint density at radius 3 is 2.53 bits per heavy atom. The summed E-state index contributed by atoms with van der Waals surface area (Å²) < 4.78 is 0. The van der Waals surface area contributed by atoms with Crippen molar-refractivity contribution in [2.45, 2.75) is 0 Å². The van der Waals surface area contributed by atoms with E-state index in [4.69, 9.17) is 10.2 Å². The molecule has 86 valence electrons. The molecule has 2 aromatic heterocycles. The first-order chi connectivity index (χ1) is 8.02. The van der Waals surface area contributed by atoms with Crippen LogP contribution in [0.3, 0.4) is 0 Å². The van der Waals surface area contributed by atoms with E-state index in [0.29, 0.717) is 0 Å². The molecule has 0 aliphatic heterocycles. The number of aromatic nitrogens is 2. The van der Waals surface area contributed by atoms with Crippen LogP contribution in [0, 0.1) is 0 Å². The van der Waals surface area contributed by atoms with Crippen LogP contribution in [0.2, 0.25) is 0 Å². The van der Waals surface area contributed by atoms with Gasteiger partial charge in [0, 0.05) is 6.20 Å². The molecule has 0 radical (unpaired) electrons. The van der Waals surface area contributed by atoms with Crippen LogP contribution in [0.25, 0.3) is 11.0 Å². The van der Waals surface area contributed by atoms with Gasteiger partial charge in [0.25, 0.3) is 0 Å². The van der Waals surface area contributed by atoms with Gasteiger partial charge in [-0.1, -0.05) is 0 Å². The van der Waals surface area contributed by atoms with E-state index in [2.05, 4.69) is 9.97 Å². The van der Waals surface area contributed by atoms with Crippen molar-refractivity contribution in [3.63, 3.8) is 0 Å². The second-order valence-electron chi connectivity index (χ2n) is 3.21. The van der Waals surface area contributed by atoms with Crippen molar-refractivity contribution in [3.8, 4) is 0 Å². The third-order valence-electron chi connectivity index (χ3n) is 2.20. The predicted molar refractivity (Wildman–Crippen MR) is 56.3 cm³/mol. The number of fused-ring (bicyclic) bond motifs is 1. The molecule has 0 saturated heterocycles. The molecule has 2 rings (SSSR count). The minimum atomic E-state index is -1.59. The zero-order chi connectivity index (χ0) is 12.6. The van der Waals surface area contributed by atoms with Crippen LogP contribution >= 0.6 is 0 Å². The van der Waals surface area contributed by atoms with Crippen LogP contribution < -0.4 is 5.43 Å². The van der Waals surface area contributed by atoms with Gasteiger partial charge in [-0.2, -0.15) is 0 Å². The average Bonchev–Trinajstić information content (AvgIpc) is 2.28. The Balaban J connectivity index is 2.99. The molecular formula is C10H6N2O5. The molecular weight excluding hydrogens is 228 g/mol. The highest BCUT2D eigenvalue weighted by atomic mass is 16.4. The lowest BCUT2D eigenvalue weighted by atomic mass is 10.1. The number of hydrogen-bond donors (Lipinski definition) is 3. The lowest BCUT2D eigenvalue weighted by Gasteiger charge is -2.03. The Kier molecular flexibility index (Phi) is 2.36. The van der Waals surface area contributed by atoms with Crippen LogP contribution in [0.5, 0.6) is 0 Å². The molecule has 0 unspecified atom stereocenters. The van der Waals surface area contributed by atoms with Gasteiger partial charge in [0.1, 0.15) is 16.9 Å². The number of nitrogens with zero attached hydrogens (tertiary/aromatic N) is 1. The molecule has 7 heteroatoms. The largest absolute Gasteiger partial charge is 0.477 e. The average molecular weight is 234 g/mol. The monoisotopic (exact) mass is 234 g/mol. The third-order valence-corrected chi connectivity index (χ3v) is 2.20. The Labute approximate surface area is 93.4 Å². The van der Waals surface area contributed by atoms with Gasteiger partial charge in [-0.15, -0.1) is 0 Å². The van der Waals surface area contributed by atoms with Crippen molar-refractivity contribution >= 4 is 23.0 Å². The number of hydrogen-bond acceptors (Lipinski definition) is 4. The summed E-state index contributed by atoms with van der Waals surface area (Å²) in [6.07, 6.45) is 1.37. The number of carbonyl (C=O) groups is 2. The molecule has 0 aliphatic carbocycles. The number of nitrogens with one attached hydrogen (secondary N) is 1. The zero-order valence-corrected chi connectivity index (χ0v) is 8.30. The molecule has 0 aliphatic rings. The molecule has 0 spiro atoms. The summed E-state index contributed by atoms with van der Waals surface area (Å²) in [6, 6.07) is 2.84. The summed E-state index contributed by atoms with van der Waals surface area (Å²) in [6.45, 7) is 0. The number of rotatable bonds is 2. The number of H-pyrrole nitrogens is 1. The number of carboxylic acids is 2. The standard InChI is InChI=1S/C10H6N2O5/c13-7-4-2-1-3-11-8(4)12-6(10(16)17)5(7)9(14)15/h1-3H,(H,14,15)(H,16,17)(H,11,12,13). The van der Waals surface area contributed by atoms with Gasteiger partial charge in [-0.3, -0.25) is 4.79 Å². The van der Waals surface area contributed by atoms with E-state index < -0.39 is 28.6 Å². The molecule has 3 N–H and O–H groups in total. The van der Waals surface area contributed by atoms with Crippen LogP contribution in [0.4, 0.5) is 0 Å². The summed E-state index contributed by atoms with van der Waals surface area (Å²) in [5.41, 5.74) is -2.29. The lowest BCUT2D eigenvalue weighted by Crippen LogP contribution is -2.22. The van der Waals surface area contributed by atoms with E-state index in [0.717, 1.165) is 0 Å². The van der Waals surface area contributed by atoms with E-state index in [-0.39, 0.29) is 11.0 Å². The molecule has 0 aromatic carbocycles. The summed E-state index contributed by atoms with van der Waals surface area (Å²) in [4.78, 5) is 39.6. The Hall–Kier alpha value is -2.70. The highest BCUT2D eigenvalue weighted by Crippen LogP contribution is 2.09. The minimum absolute atomic E-state index is 0.0369. The quantitative estimate of drug-likeness (QED) is 0.688. The van der Waals surface area contributed by atoms with Crippen molar-refractivity contribution in [1.82, 2.24) is 9.97 Å². The summed E-state index contributed by atoms with van der Waals surface area (Å²) >= 11 is 0. The first-order valence-corrected chi connectivity index (χ1v) is 4.50. The topological polar surface area (TPSA) is 120 Å². The van der Waals surface area contributed by atoms with Crippen molar-refractivity contribution < 1.29 is 19.8 Å². The summed E-state index contributed by atoms with van der Waals surface area (Å²) in [5.74, 6) is -3.11. The molecule has 17 heavy (non-hydrogen) atoms. The van der Waals surface area contributed by atoms with E-state index >= 15 is 0 Å². The minimum Gasteiger partial charge on any atom is -0.477 e. The summed E-state index contributed by atoms with van der Waals surface area (Å²) in [5, 5.41) is 17.7. The maximum Gasteiger partial charge on any atom is 0.353 e. The van der Waals surface area contributed by atoms with Gasteiger partial charge in [0.2, 0.25) is 5.43 Å². The molecule has 7 nitrogen and oxygen atoms in total. The van der Waals surface area contributed by atoms with E-state index in [1.165, 1.54) is 18.3 Å². The normalized spacial score (nSPS) is 10.4. The second-order valence-corrected chi connectivity index (χ2v) is 3.21. The van der Waals surface area contributed by atoms with Crippen molar-refractivity contribution in [2.24, 2.45) is 0 Å². The maximum atomic E-state index is 11.8. The highest BCUT2D eigenvalue weighted by Gasteiger charge is 2.22. The Bertz CT molecular complexity index is 689. The second kappa shape index (κ2) is 3.71. The fraction of sp³-hybridized carbons (Fsp3) is 0. The SMILES string of the molecule is O=C(O)c1[nH]c2ncccc2c(=O)c1C(=O)O. The highest BCUT2D eigenvalue weighted by molar-refractivity contribution is 6.02. The van der Waals surface area contributed by atoms with E-state index in [9.17, 15) is 14.4 Å². The van der Waals surface area contributed by atoms with Gasteiger partial charge in [-0.05, 0) is 12.1 Å². The molecule has 2 aromatic rings. The molecule has 0 bridgehead atoms. The molecule has 0 saturated carbocycles. The van der Waals surface area contributed by atoms with Crippen LogP contribution in [-0.4, -0.2) is 32.1 Å². The summed E-state index contributed by atoms with van der Waals surface area (Å²) in [7, 11) is 0. The smallest absolute Gasteiger partial charge is 0.353 e. The third kappa shape index (κ3) is 1.63. The van der Waals surface area contributed by atoms with Crippen molar-refractivity contribution in [2.75, 3.05) is 0 Å². The fourth-order valence-corrected chi connectivity index (χ4v) is 1.48. The number of aromatic carboxylic acids is 2. The zero-order valence-electron chi connectivity index (χ0n) is 8.30. The Morgan fingerprint density at radius 2 is 1.94 bits per heavy atom. The van der Waals surface area contributed by atoms with Gasteiger partial charge in [-0.25, -0.2) is 14.6 Å². The van der Waals surface area contributed by atoms with Crippen molar-refractivity contribution in [1.29, 1.82) is 0 Å². The lowest BCUT2D eigenvalue weighted by molar-refractivity contribution is 0.0646. The van der Waals surface area contributed by atoms with Crippen LogP contribution in [-0.2, 0) is 0 Å². The van der Waals surface area contributed by atoms with Crippen LogP contribution in [0.15, 0.2) is 23.1 Å². The van der Waals surface area contributed by atoms with E-state index in [1.54, 1.807) is 0 Å². The number of carboxylic acid groups (broad SMARTS) is 2. The predicted octanol–water partition coefficient (Wildman–Crippen LogP) is 0.319. The first kappa shape index (κ1) is 10.8. The Morgan fingerprint density at radius 1 is 1.24 bits per heavy atom. The van der Waals surface area contributed by atoms with Gasteiger partial charge in [0.05, 0.1) is 5.39 Å². The van der Waals surface area contributed by atoms with Crippen LogP contribution in [0.1, 0.15) is 20.8 Å². The molecule has 0 amide bonds.